The van der Waals surface area contributed by atoms with E-state index in [1.54, 1.807) is 50.1 Å². The molecular weight excluding hydrogens is 286 g/mol. The van der Waals surface area contributed by atoms with Crippen LogP contribution in [-0.2, 0) is 14.3 Å². The van der Waals surface area contributed by atoms with Gasteiger partial charge in [0, 0.05) is 12.2 Å². The minimum absolute atomic E-state index is 0.143. The zero-order valence-corrected chi connectivity index (χ0v) is 13.2. The maximum atomic E-state index is 11.5. The molecule has 6 nitrogen and oxygen atoms in total. The molecule has 1 unspecified atom stereocenters. The van der Waals surface area contributed by atoms with Crippen LogP contribution in [-0.4, -0.2) is 43.3 Å². The first-order valence-electron chi connectivity index (χ1n) is 7.32. The van der Waals surface area contributed by atoms with Gasteiger partial charge in [-0.15, -0.1) is 0 Å². The molecule has 1 N–H and O–H groups in total. The number of anilines is 1. The van der Waals surface area contributed by atoms with Crippen LogP contribution in [0.25, 0.3) is 0 Å². The summed E-state index contributed by atoms with van der Waals surface area (Å²) in [5.41, 5.74) is 0.736. The second-order valence-electron chi connectivity index (χ2n) is 4.71. The highest BCUT2D eigenvalue weighted by Crippen LogP contribution is 2.23. The van der Waals surface area contributed by atoms with Gasteiger partial charge in [-0.1, -0.05) is 6.92 Å². The number of hydrogen-bond donors (Lipinski definition) is 1. The zero-order valence-electron chi connectivity index (χ0n) is 13.2. The first kappa shape index (κ1) is 17.8. The number of carboxylic acid groups (broad SMARTS) is 1. The largest absolute Gasteiger partial charge is 0.497 e. The molecule has 0 fully saturated rings. The number of carbonyl (C=O) groups excluding carboxylic acids is 1. The lowest BCUT2D eigenvalue weighted by molar-refractivity contribution is -0.143. The van der Waals surface area contributed by atoms with Gasteiger partial charge in [0.1, 0.15) is 11.8 Å². The highest BCUT2D eigenvalue weighted by atomic mass is 16.5. The van der Waals surface area contributed by atoms with Crippen molar-refractivity contribution in [1.29, 1.82) is 0 Å². The second kappa shape index (κ2) is 8.92. The molecule has 0 aliphatic rings. The van der Waals surface area contributed by atoms with E-state index in [4.69, 9.17) is 9.47 Å². The maximum Gasteiger partial charge on any atom is 0.326 e. The molecule has 1 rings (SSSR count). The molecule has 1 aromatic carbocycles. The Morgan fingerprint density at radius 2 is 1.86 bits per heavy atom. The van der Waals surface area contributed by atoms with E-state index in [1.807, 2.05) is 0 Å². The third kappa shape index (κ3) is 4.95. The highest BCUT2D eigenvalue weighted by Gasteiger charge is 2.24. The van der Waals surface area contributed by atoms with Gasteiger partial charge in [0.15, 0.2) is 0 Å². The van der Waals surface area contributed by atoms with Crippen LogP contribution in [0, 0.1) is 0 Å². The summed E-state index contributed by atoms with van der Waals surface area (Å²) in [6.07, 6.45) is 0.577. The number of aliphatic carboxylic acids is 1. The number of methoxy groups -OCH3 is 1. The summed E-state index contributed by atoms with van der Waals surface area (Å²) in [5.74, 6) is -0.555. The first-order chi connectivity index (χ1) is 10.5. The molecule has 0 heterocycles. The van der Waals surface area contributed by atoms with Gasteiger partial charge in [0.25, 0.3) is 0 Å². The van der Waals surface area contributed by atoms with E-state index in [0.29, 0.717) is 18.8 Å². The fraction of sp³-hybridized carbons (Fsp3) is 0.500. The minimum atomic E-state index is -0.915. The summed E-state index contributed by atoms with van der Waals surface area (Å²) >= 11 is 0. The van der Waals surface area contributed by atoms with Gasteiger partial charge in [-0.05, 0) is 37.6 Å². The number of carboxylic acids is 1. The van der Waals surface area contributed by atoms with Gasteiger partial charge < -0.3 is 19.5 Å². The van der Waals surface area contributed by atoms with Crippen molar-refractivity contribution < 1.29 is 24.2 Å². The standard InChI is InChI=1S/C16H23NO5/c1-4-14(16(19)20)17(11-10-15(18)22-5-2)12-6-8-13(21-3)9-7-12/h6-9,14H,4-5,10-11H2,1-3H3,(H,19,20). The Bertz CT molecular complexity index is 486. The number of carbonyl (C=O) groups is 2. The third-order valence-electron chi connectivity index (χ3n) is 3.31. The van der Waals surface area contributed by atoms with E-state index in [-0.39, 0.29) is 18.9 Å². The van der Waals surface area contributed by atoms with Crippen molar-refractivity contribution in [3.8, 4) is 5.75 Å². The topological polar surface area (TPSA) is 76.1 Å². The molecule has 0 bridgehead atoms. The zero-order chi connectivity index (χ0) is 16.5. The molecule has 0 radical (unpaired) electrons. The number of esters is 1. The number of nitrogens with zero attached hydrogens (tertiary/aromatic N) is 1. The van der Waals surface area contributed by atoms with Crippen LogP contribution >= 0.6 is 0 Å². The minimum Gasteiger partial charge on any atom is -0.497 e. The van der Waals surface area contributed by atoms with E-state index in [0.717, 1.165) is 5.69 Å². The van der Waals surface area contributed by atoms with Gasteiger partial charge in [-0.25, -0.2) is 4.79 Å². The molecule has 22 heavy (non-hydrogen) atoms. The summed E-state index contributed by atoms with van der Waals surface area (Å²) in [6.45, 7) is 4.15. The average Bonchev–Trinajstić information content (AvgIpc) is 2.51. The fourth-order valence-electron chi connectivity index (χ4n) is 2.21. The molecule has 0 aromatic heterocycles. The lowest BCUT2D eigenvalue weighted by atomic mass is 10.1. The summed E-state index contributed by atoms with van der Waals surface area (Å²) in [7, 11) is 1.57. The van der Waals surface area contributed by atoms with Crippen molar-refractivity contribution in [2.45, 2.75) is 32.7 Å². The summed E-state index contributed by atoms with van der Waals surface area (Å²) < 4.78 is 10.0. The normalized spacial score (nSPS) is 11.6. The van der Waals surface area contributed by atoms with Crippen LogP contribution in [0.1, 0.15) is 26.7 Å². The van der Waals surface area contributed by atoms with Crippen LogP contribution in [0.5, 0.6) is 5.75 Å². The van der Waals surface area contributed by atoms with Crippen LogP contribution in [0.15, 0.2) is 24.3 Å². The molecule has 1 aromatic rings. The molecule has 0 spiro atoms. The lowest BCUT2D eigenvalue weighted by Crippen LogP contribution is -2.42. The Hall–Kier alpha value is -2.24. The molecule has 0 aliphatic carbocycles. The molecule has 0 saturated heterocycles. The van der Waals surface area contributed by atoms with Gasteiger partial charge in [0.05, 0.1) is 20.1 Å². The third-order valence-corrected chi connectivity index (χ3v) is 3.31. The van der Waals surface area contributed by atoms with Gasteiger partial charge in [-0.2, -0.15) is 0 Å². The van der Waals surface area contributed by atoms with Crippen molar-refractivity contribution in [1.82, 2.24) is 0 Å². The fourth-order valence-corrected chi connectivity index (χ4v) is 2.21. The Morgan fingerprint density at radius 3 is 2.32 bits per heavy atom. The average molecular weight is 309 g/mol. The van der Waals surface area contributed by atoms with Crippen molar-refractivity contribution in [3.63, 3.8) is 0 Å². The van der Waals surface area contributed by atoms with Crippen LogP contribution < -0.4 is 9.64 Å². The van der Waals surface area contributed by atoms with Gasteiger partial charge in [0.2, 0.25) is 0 Å². The first-order valence-corrected chi connectivity index (χ1v) is 7.32. The predicted molar refractivity (Wildman–Crippen MR) is 83.3 cm³/mol. The van der Waals surface area contributed by atoms with Gasteiger partial charge in [-0.3, -0.25) is 4.79 Å². The maximum absolute atomic E-state index is 11.5. The van der Waals surface area contributed by atoms with E-state index >= 15 is 0 Å². The number of ether oxygens (including phenoxy) is 2. The molecule has 0 amide bonds. The summed E-state index contributed by atoms with van der Waals surface area (Å²) in [4.78, 5) is 24.7. The van der Waals surface area contributed by atoms with Crippen molar-refractivity contribution in [3.05, 3.63) is 24.3 Å². The van der Waals surface area contributed by atoms with Crippen molar-refractivity contribution in [2.75, 3.05) is 25.2 Å². The summed E-state index contributed by atoms with van der Waals surface area (Å²) in [5, 5.41) is 9.39. The number of benzene rings is 1. The lowest BCUT2D eigenvalue weighted by Gasteiger charge is -2.30. The monoisotopic (exact) mass is 309 g/mol. The Kier molecular flexibility index (Phi) is 7.22. The van der Waals surface area contributed by atoms with Crippen molar-refractivity contribution in [2.24, 2.45) is 0 Å². The molecule has 0 aliphatic heterocycles. The molecule has 122 valence electrons. The van der Waals surface area contributed by atoms with Crippen LogP contribution in [0.4, 0.5) is 5.69 Å². The molecule has 0 saturated carbocycles. The highest BCUT2D eigenvalue weighted by molar-refractivity contribution is 5.79. The van der Waals surface area contributed by atoms with Gasteiger partial charge >= 0.3 is 11.9 Å². The Labute approximate surface area is 130 Å². The smallest absolute Gasteiger partial charge is 0.326 e. The van der Waals surface area contributed by atoms with E-state index in [2.05, 4.69) is 0 Å². The van der Waals surface area contributed by atoms with Crippen LogP contribution in [0.2, 0.25) is 0 Å². The predicted octanol–water partition coefficient (Wildman–Crippen LogP) is 2.32. The van der Waals surface area contributed by atoms with Crippen molar-refractivity contribution >= 4 is 17.6 Å². The second-order valence-corrected chi connectivity index (χ2v) is 4.71. The van der Waals surface area contributed by atoms with Crippen LogP contribution in [0.3, 0.4) is 0 Å². The van der Waals surface area contributed by atoms with E-state index < -0.39 is 12.0 Å². The number of hydrogen-bond acceptors (Lipinski definition) is 5. The summed E-state index contributed by atoms with van der Waals surface area (Å²) in [6, 6.07) is 6.41. The number of rotatable bonds is 9. The molecular formula is C16H23NO5. The SMILES string of the molecule is CCOC(=O)CCN(c1ccc(OC)cc1)C(CC)C(=O)O. The molecule has 6 heteroatoms. The molecule has 1 atom stereocenters. The quantitative estimate of drug-likeness (QED) is 0.706. The van der Waals surface area contributed by atoms with E-state index in [9.17, 15) is 14.7 Å². The van der Waals surface area contributed by atoms with E-state index in [1.165, 1.54) is 0 Å². The Morgan fingerprint density at radius 1 is 1.23 bits per heavy atom. The Balaban J connectivity index is 2.93.